The Hall–Kier alpha value is -5.16. The number of anilines is 2. The Morgan fingerprint density at radius 2 is 1.69 bits per heavy atom. The van der Waals surface area contributed by atoms with Crippen molar-refractivity contribution in [3.63, 3.8) is 0 Å². The summed E-state index contributed by atoms with van der Waals surface area (Å²) in [4.78, 5) is 74.5. The quantitative estimate of drug-likeness (QED) is 0.0832. The summed E-state index contributed by atoms with van der Waals surface area (Å²) in [5, 5.41) is 20.4. The number of ether oxygens (including phenoxy) is 2. The maximum Gasteiger partial charge on any atom is 0.326 e. The molecule has 0 bridgehead atoms. The zero-order valence-corrected chi connectivity index (χ0v) is 24.8. The molecule has 0 fully saturated rings. The van der Waals surface area contributed by atoms with Gasteiger partial charge in [0.1, 0.15) is 6.04 Å². The van der Waals surface area contributed by atoms with E-state index in [9.17, 15) is 29.1 Å². The number of nitrogens with two attached hydrogens (primary N) is 1. The van der Waals surface area contributed by atoms with Gasteiger partial charge in [-0.05, 0) is 37.6 Å². The van der Waals surface area contributed by atoms with E-state index in [0.29, 0.717) is 37.7 Å². The smallest absolute Gasteiger partial charge is 0.326 e. The van der Waals surface area contributed by atoms with Crippen LogP contribution < -0.4 is 32.6 Å². The Morgan fingerprint density at radius 1 is 0.978 bits per heavy atom. The van der Waals surface area contributed by atoms with Crippen LogP contribution >= 0.6 is 0 Å². The molecule has 45 heavy (non-hydrogen) atoms. The van der Waals surface area contributed by atoms with Gasteiger partial charge in [0.25, 0.3) is 11.5 Å². The molecular formula is C28H37N9O8. The second-order valence-electron chi connectivity index (χ2n) is 9.60. The fourth-order valence-electron chi connectivity index (χ4n) is 3.89. The highest BCUT2D eigenvalue weighted by Gasteiger charge is 2.21. The van der Waals surface area contributed by atoms with Crippen molar-refractivity contribution in [1.29, 1.82) is 0 Å². The second-order valence-corrected chi connectivity index (χ2v) is 9.60. The summed E-state index contributed by atoms with van der Waals surface area (Å²) in [5.41, 5.74) is 6.53. The van der Waals surface area contributed by atoms with Gasteiger partial charge >= 0.3 is 5.97 Å². The summed E-state index contributed by atoms with van der Waals surface area (Å²) in [6.07, 6.45) is 1.51. The van der Waals surface area contributed by atoms with Crippen LogP contribution in [0, 0.1) is 0 Å². The fourth-order valence-corrected chi connectivity index (χ4v) is 3.89. The first-order chi connectivity index (χ1) is 21.7. The molecule has 2 aromatic heterocycles. The Bertz CT molecular complexity index is 1510. The minimum Gasteiger partial charge on any atom is -0.480 e. The zero-order valence-electron chi connectivity index (χ0n) is 24.8. The first-order valence-corrected chi connectivity index (χ1v) is 14.2. The standard InChI is InChI=1S/C28H37N9O8/c1-2-30-22(39)9-11-44-13-14-45-12-10-31-21(38)8-7-20(27(42)43)35-25(40)17-3-5-18(6-4-17)32-15-19-16-33-24-23(34-19)26(41)37-28(29)36-24/h3-6,16,20,32H,2,7-15H2,1H3,(H,30,39)(H,31,38)(H,35,40)(H,42,43)(H3,29,33,36,37,41). The van der Waals surface area contributed by atoms with Crippen molar-refractivity contribution < 1.29 is 33.8 Å². The highest BCUT2D eigenvalue weighted by molar-refractivity contribution is 5.97. The number of carbonyl (C=O) groups is 4. The Labute approximate surface area is 257 Å². The molecule has 1 aromatic carbocycles. The predicted molar refractivity (Wildman–Crippen MR) is 162 cm³/mol. The highest BCUT2D eigenvalue weighted by Crippen LogP contribution is 2.12. The normalized spacial score (nSPS) is 11.5. The first-order valence-electron chi connectivity index (χ1n) is 14.2. The molecule has 8 N–H and O–H groups in total. The van der Waals surface area contributed by atoms with E-state index in [2.05, 4.69) is 41.2 Å². The Balaban J connectivity index is 1.35. The summed E-state index contributed by atoms with van der Waals surface area (Å²) < 4.78 is 10.6. The number of aliphatic carboxylic acids is 1. The van der Waals surface area contributed by atoms with Gasteiger partial charge in [0.15, 0.2) is 11.2 Å². The van der Waals surface area contributed by atoms with E-state index in [-0.39, 0.29) is 73.4 Å². The second kappa shape index (κ2) is 17.8. The average Bonchev–Trinajstić information content (AvgIpc) is 3.01. The van der Waals surface area contributed by atoms with Crippen molar-refractivity contribution in [2.75, 3.05) is 50.6 Å². The summed E-state index contributed by atoms with van der Waals surface area (Å²) in [6, 6.07) is 5.01. The van der Waals surface area contributed by atoms with Gasteiger partial charge in [-0.2, -0.15) is 4.98 Å². The lowest BCUT2D eigenvalue weighted by atomic mass is 10.1. The van der Waals surface area contributed by atoms with Crippen LogP contribution in [0.25, 0.3) is 11.2 Å². The Morgan fingerprint density at radius 3 is 2.40 bits per heavy atom. The lowest BCUT2D eigenvalue weighted by molar-refractivity contribution is -0.139. The third kappa shape index (κ3) is 11.8. The molecule has 242 valence electrons. The van der Waals surface area contributed by atoms with Gasteiger partial charge in [-0.1, -0.05) is 0 Å². The van der Waals surface area contributed by atoms with Crippen molar-refractivity contribution in [3.8, 4) is 0 Å². The van der Waals surface area contributed by atoms with Gasteiger partial charge in [-0.15, -0.1) is 0 Å². The van der Waals surface area contributed by atoms with E-state index in [1.807, 2.05) is 6.92 Å². The molecule has 0 saturated heterocycles. The molecule has 0 spiro atoms. The summed E-state index contributed by atoms with van der Waals surface area (Å²) in [5.74, 6) is -2.39. The molecule has 17 nitrogen and oxygen atoms in total. The Kier molecular flexibility index (Phi) is 13.6. The summed E-state index contributed by atoms with van der Waals surface area (Å²) >= 11 is 0. The largest absolute Gasteiger partial charge is 0.480 e. The molecular weight excluding hydrogens is 590 g/mol. The first kappa shape index (κ1) is 34.3. The molecule has 0 aliphatic carbocycles. The van der Waals surface area contributed by atoms with Gasteiger partial charge in [0, 0.05) is 37.2 Å². The molecule has 0 radical (unpaired) electrons. The number of carboxylic acids is 1. The van der Waals surface area contributed by atoms with Crippen molar-refractivity contribution in [3.05, 3.63) is 52.1 Å². The maximum absolute atomic E-state index is 12.7. The van der Waals surface area contributed by atoms with Gasteiger partial charge in [-0.3, -0.25) is 24.2 Å². The van der Waals surface area contributed by atoms with Crippen LogP contribution in [0.3, 0.4) is 0 Å². The third-order valence-corrected chi connectivity index (χ3v) is 6.16. The molecule has 1 atom stereocenters. The minimum atomic E-state index is -1.27. The number of carboxylic acid groups (broad SMARTS) is 1. The molecule has 0 aliphatic heterocycles. The van der Waals surface area contributed by atoms with Gasteiger partial charge < -0.3 is 41.6 Å². The molecule has 17 heteroatoms. The molecule has 3 aromatic rings. The van der Waals surface area contributed by atoms with E-state index in [4.69, 9.17) is 15.2 Å². The van der Waals surface area contributed by atoms with Gasteiger partial charge in [-0.25, -0.2) is 14.8 Å². The lowest BCUT2D eigenvalue weighted by Crippen LogP contribution is -2.41. The van der Waals surface area contributed by atoms with Crippen LogP contribution in [0.4, 0.5) is 11.6 Å². The van der Waals surface area contributed by atoms with Crippen molar-refractivity contribution in [2.45, 2.75) is 38.8 Å². The van der Waals surface area contributed by atoms with Crippen LogP contribution in [0.15, 0.2) is 35.3 Å². The number of nitrogen functional groups attached to an aromatic ring is 1. The van der Waals surface area contributed by atoms with E-state index in [1.165, 1.54) is 18.3 Å². The maximum atomic E-state index is 12.7. The highest BCUT2D eigenvalue weighted by atomic mass is 16.5. The van der Waals surface area contributed by atoms with Gasteiger partial charge in [0.05, 0.1) is 44.9 Å². The summed E-state index contributed by atoms with van der Waals surface area (Å²) in [7, 11) is 0. The molecule has 3 rings (SSSR count). The number of aromatic nitrogens is 4. The van der Waals surface area contributed by atoms with E-state index in [0.717, 1.165) is 0 Å². The monoisotopic (exact) mass is 627 g/mol. The number of hydrogen-bond acceptors (Lipinski definition) is 12. The number of benzene rings is 1. The fraction of sp³-hybridized carbons (Fsp3) is 0.429. The number of carbonyl (C=O) groups excluding carboxylic acids is 3. The average molecular weight is 628 g/mol. The number of H-pyrrole nitrogens is 1. The minimum absolute atomic E-state index is 0.0548. The molecule has 1 unspecified atom stereocenters. The lowest BCUT2D eigenvalue weighted by Gasteiger charge is -2.15. The molecule has 3 amide bonds. The molecule has 0 aliphatic rings. The number of nitrogens with one attached hydrogen (secondary N) is 5. The zero-order chi connectivity index (χ0) is 32.6. The predicted octanol–water partition coefficient (Wildman–Crippen LogP) is -0.454. The summed E-state index contributed by atoms with van der Waals surface area (Å²) in [6.45, 7) is 3.99. The van der Waals surface area contributed by atoms with Crippen LogP contribution in [-0.2, 0) is 30.4 Å². The van der Waals surface area contributed by atoms with Gasteiger partial charge in [0.2, 0.25) is 17.8 Å². The van der Waals surface area contributed by atoms with Crippen LogP contribution in [-0.4, -0.2) is 94.3 Å². The van der Waals surface area contributed by atoms with Crippen LogP contribution in [0.2, 0.25) is 0 Å². The van der Waals surface area contributed by atoms with Crippen LogP contribution in [0.1, 0.15) is 42.2 Å². The molecule has 2 heterocycles. The number of amides is 3. The molecule has 0 saturated carbocycles. The SMILES string of the molecule is CCNC(=O)CCOCCOCCNC(=O)CCC(NC(=O)c1ccc(NCc2cnc3nc(N)[nH]c(=O)c3n2)cc1)C(=O)O. The van der Waals surface area contributed by atoms with Crippen molar-refractivity contribution in [2.24, 2.45) is 0 Å². The number of aromatic amines is 1. The van der Waals surface area contributed by atoms with E-state index in [1.54, 1.807) is 12.1 Å². The number of hydrogen-bond donors (Lipinski definition) is 7. The van der Waals surface area contributed by atoms with Crippen molar-refractivity contribution >= 4 is 46.5 Å². The number of nitrogens with zero attached hydrogens (tertiary/aromatic N) is 3. The van der Waals surface area contributed by atoms with Crippen LogP contribution in [0.5, 0.6) is 0 Å². The van der Waals surface area contributed by atoms with E-state index >= 15 is 0 Å². The van der Waals surface area contributed by atoms with E-state index < -0.39 is 23.5 Å². The number of rotatable bonds is 19. The third-order valence-electron chi connectivity index (χ3n) is 6.16. The number of fused-ring (bicyclic) bond motifs is 1. The topological polar surface area (TPSA) is 253 Å². The van der Waals surface area contributed by atoms with Crippen molar-refractivity contribution in [1.82, 2.24) is 35.9 Å².